The molecule has 0 bridgehead atoms. The van der Waals surface area contributed by atoms with Gasteiger partial charge >= 0.3 is 0 Å². The van der Waals surface area contributed by atoms with Gasteiger partial charge in [0.05, 0.1) is 22.6 Å². The lowest BCUT2D eigenvalue weighted by molar-refractivity contribution is 0.568. The molecule has 0 aliphatic heterocycles. The van der Waals surface area contributed by atoms with Crippen molar-refractivity contribution in [3.8, 4) is 22.3 Å². The molecular formula is C66H46N2OSi. The topological polar surface area (TPSA) is 20.8 Å². The molecule has 14 rings (SSSR count). The number of benzene rings is 10. The minimum Gasteiger partial charge on any atom is -0.456 e. The van der Waals surface area contributed by atoms with Gasteiger partial charge in [0.2, 0.25) is 0 Å². The van der Waals surface area contributed by atoms with E-state index in [-0.39, 0.29) is 6.04 Å². The Morgan fingerprint density at radius 1 is 0.400 bits per heavy atom. The van der Waals surface area contributed by atoms with Crippen LogP contribution < -0.4 is 36.3 Å². The molecule has 4 heteroatoms. The summed E-state index contributed by atoms with van der Waals surface area (Å²) in [5, 5.41) is 13.0. The molecule has 0 radical (unpaired) electrons. The minimum absolute atomic E-state index is 0.0378. The smallest absolute Gasteiger partial charge is 0.179 e. The first-order valence-corrected chi connectivity index (χ1v) is 26.3. The van der Waals surface area contributed by atoms with Gasteiger partial charge in [0.25, 0.3) is 0 Å². The van der Waals surface area contributed by atoms with E-state index < -0.39 is 8.07 Å². The molecule has 0 N–H and O–H groups in total. The van der Waals surface area contributed by atoms with E-state index in [1.807, 2.05) is 6.07 Å². The lowest BCUT2D eigenvalue weighted by atomic mass is 9.98. The first-order chi connectivity index (χ1) is 34.7. The van der Waals surface area contributed by atoms with Crippen molar-refractivity contribution in [1.82, 2.24) is 4.40 Å². The SMILES string of the molecule is C1=c2oc3ccccc3c2=CCC1N(c1ccc(-c2ccc([Si](c3ccccc3)(c3ccccc3)c3ccccc3)cc2)cc1)c1ccc(-c2cc3c4ccccc4n4c5ccccc5c(c2)c34)cc1. The molecule has 330 valence electrons. The van der Waals surface area contributed by atoms with Gasteiger partial charge in [-0.1, -0.05) is 200 Å². The summed E-state index contributed by atoms with van der Waals surface area (Å²) in [5.74, 6) is 0. The van der Waals surface area contributed by atoms with Gasteiger partial charge in [-0.05, 0) is 110 Å². The molecule has 1 atom stereocenters. The molecule has 0 amide bonds. The van der Waals surface area contributed by atoms with Crippen molar-refractivity contribution in [3.63, 3.8) is 0 Å². The molecule has 0 saturated heterocycles. The van der Waals surface area contributed by atoms with Crippen LogP contribution in [-0.4, -0.2) is 18.5 Å². The Labute approximate surface area is 407 Å². The second-order valence-electron chi connectivity index (χ2n) is 18.7. The maximum absolute atomic E-state index is 6.51. The van der Waals surface area contributed by atoms with Gasteiger partial charge in [0.15, 0.2) is 8.07 Å². The first kappa shape index (κ1) is 40.4. The zero-order chi connectivity index (χ0) is 46.2. The Bertz CT molecular complexity index is 4000. The van der Waals surface area contributed by atoms with Crippen LogP contribution in [0.2, 0.25) is 0 Å². The fourth-order valence-electron chi connectivity index (χ4n) is 11.8. The largest absolute Gasteiger partial charge is 0.456 e. The number of hydrogen-bond acceptors (Lipinski definition) is 2. The van der Waals surface area contributed by atoms with Crippen molar-refractivity contribution in [2.75, 3.05) is 4.90 Å². The van der Waals surface area contributed by atoms with Crippen molar-refractivity contribution in [2.45, 2.75) is 12.5 Å². The minimum atomic E-state index is -2.63. The van der Waals surface area contributed by atoms with Crippen molar-refractivity contribution in [3.05, 3.63) is 259 Å². The lowest BCUT2D eigenvalue weighted by Gasteiger charge is -2.34. The van der Waals surface area contributed by atoms with Gasteiger partial charge < -0.3 is 13.7 Å². The van der Waals surface area contributed by atoms with Crippen molar-refractivity contribution >= 4 is 101 Å². The third-order valence-corrected chi connectivity index (χ3v) is 19.8. The summed E-state index contributed by atoms with van der Waals surface area (Å²) in [6.07, 6.45) is 5.53. The van der Waals surface area contributed by atoms with E-state index in [1.54, 1.807) is 0 Å². The number of para-hydroxylation sites is 3. The molecule has 1 aliphatic rings. The average Bonchev–Trinajstić information content (AvgIpc) is 4.10. The van der Waals surface area contributed by atoms with Crippen molar-refractivity contribution < 1.29 is 4.42 Å². The maximum Gasteiger partial charge on any atom is 0.179 e. The van der Waals surface area contributed by atoms with Gasteiger partial charge in [0, 0.05) is 43.5 Å². The summed E-state index contributed by atoms with van der Waals surface area (Å²) in [6.45, 7) is 0. The van der Waals surface area contributed by atoms with Crippen LogP contribution >= 0.6 is 0 Å². The van der Waals surface area contributed by atoms with Crippen LogP contribution in [0.25, 0.3) is 83.5 Å². The molecule has 0 saturated carbocycles. The van der Waals surface area contributed by atoms with E-state index in [4.69, 9.17) is 4.42 Å². The number of anilines is 2. The molecule has 13 aromatic rings. The monoisotopic (exact) mass is 910 g/mol. The van der Waals surface area contributed by atoms with E-state index in [9.17, 15) is 0 Å². The summed E-state index contributed by atoms with van der Waals surface area (Å²) in [5.41, 5.74) is 12.7. The maximum atomic E-state index is 6.51. The Kier molecular flexibility index (Phi) is 9.36. The summed E-state index contributed by atoms with van der Waals surface area (Å²) >= 11 is 0. The quantitative estimate of drug-likeness (QED) is 0.106. The van der Waals surface area contributed by atoms with E-state index in [0.29, 0.717) is 0 Å². The standard InChI is InChI=1S/C66H46N2OSi/c1-4-16-52(17-5-1)70(53-18-6-2-7-19-53,54-20-8-3-9-21-54)55-39-32-46(33-40-55)45-28-34-49(35-29-45)67(51-38-41-59-58-24-12-15-27-64(58)69-65(59)44-51)50-36-30-47(31-37-50)48-42-60-56-22-10-13-25-62(56)68-63-26-14-11-23-57(63)61(43-48)66(60)68/h1-37,39-44,51H,38H2. The highest BCUT2D eigenvalue weighted by molar-refractivity contribution is 7.19. The predicted molar refractivity (Wildman–Crippen MR) is 297 cm³/mol. The number of fused-ring (bicyclic) bond motifs is 9. The van der Waals surface area contributed by atoms with Crippen LogP contribution in [0.1, 0.15) is 6.42 Å². The summed E-state index contributed by atoms with van der Waals surface area (Å²) in [6, 6.07) is 92.0. The molecule has 3 heterocycles. The van der Waals surface area contributed by atoms with Crippen LogP contribution in [0.15, 0.2) is 253 Å². The average molecular weight is 911 g/mol. The van der Waals surface area contributed by atoms with Crippen molar-refractivity contribution in [1.29, 1.82) is 0 Å². The highest BCUT2D eigenvalue weighted by atomic mass is 28.3. The zero-order valence-electron chi connectivity index (χ0n) is 38.4. The van der Waals surface area contributed by atoms with E-state index in [2.05, 4.69) is 264 Å². The second-order valence-corrected chi connectivity index (χ2v) is 22.5. The number of nitrogens with zero attached hydrogens (tertiary/aromatic N) is 2. The highest BCUT2D eigenvalue weighted by Gasteiger charge is 2.41. The van der Waals surface area contributed by atoms with Crippen LogP contribution in [0.3, 0.4) is 0 Å². The van der Waals surface area contributed by atoms with Crippen molar-refractivity contribution in [2.24, 2.45) is 0 Å². The van der Waals surface area contributed by atoms with E-state index in [0.717, 1.165) is 28.8 Å². The molecule has 3 aromatic heterocycles. The Morgan fingerprint density at radius 2 is 0.829 bits per heavy atom. The number of rotatable bonds is 9. The second kappa shape index (κ2) is 16.2. The molecule has 1 unspecified atom stereocenters. The molecule has 3 nitrogen and oxygen atoms in total. The predicted octanol–water partition coefficient (Wildman–Crippen LogP) is 12.5. The summed E-state index contributed by atoms with van der Waals surface area (Å²) in [7, 11) is -2.63. The van der Waals surface area contributed by atoms with E-state index >= 15 is 0 Å². The highest BCUT2D eigenvalue weighted by Crippen LogP contribution is 2.42. The number of furan rings is 1. The fraction of sp³-hybridized carbons (Fsp3) is 0.0303. The van der Waals surface area contributed by atoms with Gasteiger partial charge in [-0.25, -0.2) is 0 Å². The molecular weight excluding hydrogens is 865 g/mol. The number of hydrogen-bond donors (Lipinski definition) is 0. The Morgan fingerprint density at radius 3 is 1.36 bits per heavy atom. The van der Waals surface area contributed by atoms with Gasteiger partial charge in [-0.15, -0.1) is 0 Å². The zero-order valence-corrected chi connectivity index (χ0v) is 39.4. The van der Waals surface area contributed by atoms with Gasteiger partial charge in [-0.3, -0.25) is 0 Å². The number of aromatic nitrogens is 1. The van der Waals surface area contributed by atoms with Gasteiger partial charge in [-0.2, -0.15) is 0 Å². The van der Waals surface area contributed by atoms with Crippen LogP contribution in [0, 0.1) is 0 Å². The fourth-order valence-corrected chi connectivity index (χ4v) is 16.6. The third-order valence-electron chi connectivity index (χ3n) is 15.0. The van der Waals surface area contributed by atoms with Crippen LogP contribution in [0.4, 0.5) is 11.4 Å². The molecule has 0 spiro atoms. The lowest BCUT2D eigenvalue weighted by Crippen LogP contribution is -2.74. The summed E-state index contributed by atoms with van der Waals surface area (Å²) < 4.78 is 8.96. The normalized spacial score (nSPS) is 13.7. The molecule has 70 heavy (non-hydrogen) atoms. The molecule has 1 aliphatic carbocycles. The van der Waals surface area contributed by atoms with Crippen LogP contribution in [0.5, 0.6) is 0 Å². The Balaban J connectivity index is 0.853. The summed E-state index contributed by atoms with van der Waals surface area (Å²) in [4.78, 5) is 2.48. The first-order valence-electron chi connectivity index (χ1n) is 24.3. The molecule has 0 fully saturated rings. The van der Waals surface area contributed by atoms with E-state index in [1.165, 1.54) is 91.7 Å². The third kappa shape index (κ3) is 6.27. The van der Waals surface area contributed by atoms with Gasteiger partial charge in [0.1, 0.15) is 11.0 Å². The van der Waals surface area contributed by atoms with Crippen LogP contribution in [-0.2, 0) is 0 Å². The molecule has 10 aromatic carbocycles. The Hall–Kier alpha value is -8.70.